The lowest BCUT2D eigenvalue weighted by Crippen LogP contribution is -2.48. The van der Waals surface area contributed by atoms with Gasteiger partial charge in [-0.2, -0.15) is 0 Å². The molecular weight excluding hydrogens is 431 g/mol. The Morgan fingerprint density at radius 1 is 1.16 bits per heavy atom. The highest BCUT2D eigenvalue weighted by Crippen LogP contribution is 2.30. The van der Waals surface area contributed by atoms with Gasteiger partial charge in [-0.1, -0.05) is 6.92 Å². The summed E-state index contributed by atoms with van der Waals surface area (Å²) in [4.78, 5) is 6.67. The maximum Gasteiger partial charge on any atom is 0.191 e. The highest BCUT2D eigenvalue weighted by atomic mass is 127. The van der Waals surface area contributed by atoms with Crippen molar-refractivity contribution in [3.05, 3.63) is 18.2 Å². The van der Waals surface area contributed by atoms with Gasteiger partial charge in [0.25, 0.3) is 0 Å². The van der Waals surface area contributed by atoms with Crippen LogP contribution in [-0.4, -0.2) is 52.9 Å². The van der Waals surface area contributed by atoms with Crippen LogP contribution in [0.25, 0.3) is 0 Å². The smallest absolute Gasteiger partial charge is 0.191 e. The molecule has 0 bridgehead atoms. The van der Waals surface area contributed by atoms with Gasteiger partial charge in [0.2, 0.25) is 0 Å². The Bertz CT molecular complexity index is 524. The van der Waals surface area contributed by atoms with Crippen molar-refractivity contribution >= 4 is 35.6 Å². The van der Waals surface area contributed by atoms with Crippen molar-refractivity contribution in [1.82, 2.24) is 10.6 Å². The normalized spacial score (nSPS) is 15.4. The summed E-state index contributed by atoms with van der Waals surface area (Å²) in [6, 6.07) is 6.49. The van der Waals surface area contributed by atoms with Crippen LogP contribution in [0.4, 0.5) is 5.69 Å². The summed E-state index contributed by atoms with van der Waals surface area (Å²) in [5.74, 6) is 2.56. The summed E-state index contributed by atoms with van der Waals surface area (Å²) < 4.78 is 10.7. The lowest BCUT2D eigenvalue weighted by atomic mass is 10.0. The highest BCUT2D eigenvalue weighted by molar-refractivity contribution is 14.0. The van der Waals surface area contributed by atoms with Crippen LogP contribution in [0.15, 0.2) is 23.2 Å². The van der Waals surface area contributed by atoms with Crippen molar-refractivity contribution in [2.75, 3.05) is 45.8 Å². The molecule has 1 aromatic carbocycles. The third-order valence-corrected chi connectivity index (χ3v) is 4.30. The van der Waals surface area contributed by atoms with Gasteiger partial charge in [-0.25, -0.2) is 0 Å². The number of anilines is 1. The van der Waals surface area contributed by atoms with Crippen LogP contribution < -0.4 is 25.0 Å². The molecule has 1 fully saturated rings. The average Bonchev–Trinajstić information content (AvgIpc) is 2.65. The Morgan fingerprint density at radius 2 is 1.76 bits per heavy atom. The van der Waals surface area contributed by atoms with Crippen molar-refractivity contribution in [3.8, 4) is 11.5 Å². The van der Waals surface area contributed by atoms with E-state index in [2.05, 4.69) is 39.6 Å². The first kappa shape index (κ1) is 21.7. The molecule has 6 nitrogen and oxygen atoms in total. The molecule has 1 saturated heterocycles. The molecule has 0 aliphatic carbocycles. The van der Waals surface area contributed by atoms with Crippen molar-refractivity contribution in [2.45, 2.75) is 32.2 Å². The molecule has 0 aromatic heterocycles. The minimum atomic E-state index is 0. The van der Waals surface area contributed by atoms with Crippen molar-refractivity contribution < 1.29 is 9.47 Å². The predicted octanol–water partition coefficient (Wildman–Crippen LogP) is 2.87. The number of hydrogen-bond acceptors (Lipinski definition) is 4. The van der Waals surface area contributed by atoms with Crippen LogP contribution in [0.3, 0.4) is 0 Å². The number of methoxy groups -OCH3 is 2. The van der Waals surface area contributed by atoms with E-state index < -0.39 is 0 Å². The van der Waals surface area contributed by atoms with E-state index in [9.17, 15) is 0 Å². The van der Waals surface area contributed by atoms with E-state index >= 15 is 0 Å². The number of piperidine rings is 1. The average molecular weight is 462 g/mol. The fourth-order valence-corrected chi connectivity index (χ4v) is 2.89. The molecule has 0 saturated carbocycles. The Balaban J connectivity index is 0.00000312. The first-order chi connectivity index (χ1) is 11.7. The van der Waals surface area contributed by atoms with Crippen LogP contribution >= 0.6 is 24.0 Å². The quantitative estimate of drug-likeness (QED) is 0.387. The predicted molar refractivity (Wildman–Crippen MR) is 115 cm³/mol. The largest absolute Gasteiger partial charge is 0.497 e. The first-order valence-electron chi connectivity index (χ1n) is 8.65. The van der Waals surface area contributed by atoms with E-state index in [0.717, 1.165) is 62.0 Å². The second-order valence-electron chi connectivity index (χ2n) is 5.98. The molecule has 2 N–H and O–H groups in total. The van der Waals surface area contributed by atoms with E-state index in [1.807, 2.05) is 13.1 Å². The fourth-order valence-electron chi connectivity index (χ4n) is 2.89. The van der Waals surface area contributed by atoms with E-state index in [1.54, 1.807) is 14.2 Å². The van der Waals surface area contributed by atoms with Crippen molar-refractivity contribution in [2.24, 2.45) is 4.99 Å². The first-order valence-corrected chi connectivity index (χ1v) is 8.65. The lowest BCUT2D eigenvalue weighted by Gasteiger charge is -2.34. The van der Waals surface area contributed by atoms with Gasteiger partial charge in [-0.15, -0.1) is 24.0 Å². The SMILES string of the molecule is CCCNC(=NC)NC1CCN(c2cc(OC)cc(OC)c2)CC1.I. The van der Waals surface area contributed by atoms with E-state index in [1.165, 1.54) is 0 Å². The monoisotopic (exact) mass is 462 g/mol. The lowest BCUT2D eigenvalue weighted by molar-refractivity contribution is 0.393. The Kier molecular flexibility index (Phi) is 9.77. The van der Waals surface area contributed by atoms with Crippen molar-refractivity contribution in [1.29, 1.82) is 0 Å². The molecule has 0 unspecified atom stereocenters. The summed E-state index contributed by atoms with van der Waals surface area (Å²) in [5, 5.41) is 6.85. The second kappa shape index (κ2) is 11.3. The summed E-state index contributed by atoms with van der Waals surface area (Å²) in [6.07, 6.45) is 3.25. The van der Waals surface area contributed by atoms with Crippen LogP contribution in [-0.2, 0) is 0 Å². The summed E-state index contributed by atoms with van der Waals surface area (Å²) >= 11 is 0. The molecule has 0 amide bonds. The zero-order valence-corrected chi connectivity index (χ0v) is 18.0. The number of rotatable bonds is 6. The molecule has 1 aliphatic rings. The van der Waals surface area contributed by atoms with Gasteiger partial charge in [-0.05, 0) is 19.3 Å². The van der Waals surface area contributed by atoms with E-state index in [0.29, 0.717) is 6.04 Å². The molecule has 0 atom stereocenters. The van der Waals surface area contributed by atoms with Gasteiger partial charge in [0.15, 0.2) is 5.96 Å². The van der Waals surface area contributed by atoms with Gasteiger partial charge < -0.3 is 25.0 Å². The number of nitrogens with one attached hydrogen (secondary N) is 2. The number of aliphatic imine (C=N–C) groups is 1. The molecular formula is C18H31IN4O2. The molecule has 2 rings (SSSR count). The molecule has 1 aromatic rings. The highest BCUT2D eigenvalue weighted by Gasteiger charge is 2.21. The molecule has 1 heterocycles. The Morgan fingerprint density at radius 3 is 2.24 bits per heavy atom. The van der Waals surface area contributed by atoms with Crippen LogP contribution in [0.2, 0.25) is 0 Å². The van der Waals surface area contributed by atoms with Crippen LogP contribution in [0.1, 0.15) is 26.2 Å². The van der Waals surface area contributed by atoms with Gasteiger partial charge in [0, 0.05) is 56.6 Å². The molecule has 0 radical (unpaired) electrons. The molecule has 7 heteroatoms. The Labute approximate surface area is 168 Å². The van der Waals surface area contributed by atoms with Crippen LogP contribution in [0, 0.1) is 0 Å². The topological polar surface area (TPSA) is 58.1 Å². The third kappa shape index (κ3) is 6.45. The van der Waals surface area contributed by atoms with Gasteiger partial charge in [-0.3, -0.25) is 4.99 Å². The Hall–Kier alpha value is -1.38. The minimum Gasteiger partial charge on any atom is -0.497 e. The summed E-state index contributed by atoms with van der Waals surface area (Å²) in [5.41, 5.74) is 1.15. The zero-order valence-electron chi connectivity index (χ0n) is 15.7. The van der Waals surface area contributed by atoms with E-state index in [-0.39, 0.29) is 24.0 Å². The number of ether oxygens (including phenoxy) is 2. The number of guanidine groups is 1. The van der Waals surface area contributed by atoms with E-state index in [4.69, 9.17) is 9.47 Å². The van der Waals surface area contributed by atoms with Gasteiger partial charge >= 0.3 is 0 Å². The summed E-state index contributed by atoms with van der Waals surface area (Å²) in [7, 11) is 5.19. The standard InChI is InChI=1S/C18H30N4O2.HI/c1-5-8-20-18(19-2)21-14-6-9-22(10-7-14)15-11-16(23-3)13-17(12-15)24-4;/h11-14H,5-10H2,1-4H3,(H2,19,20,21);1H. The van der Waals surface area contributed by atoms with Crippen molar-refractivity contribution in [3.63, 3.8) is 0 Å². The molecule has 25 heavy (non-hydrogen) atoms. The molecule has 142 valence electrons. The third-order valence-electron chi connectivity index (χ3n) is 4.30. The second-order valence-corrected chi connectivity index (χ2v) is 5.98. The number of hydrogen-bond donors (Lipinski definition) is 2. The summed E-state index contributed by atoms with van der Waals surface area (Å²) in [6.45, 7) is 5.10. The number of nitrogens with zero attached hydrogens (tertiary/aromatic N) is 2. The number of halogens is 1. The van der Waals surface area contributed by atoms with Gasteiger partial charge in [0.05, 0.1) is 14.2 Å². The maximum atomic E-state index is 5.37. The molecule has 0 spiro atoms. The molecule has 1 aliphatic heterocycles. The fraction of sp³-hybridized carbons (Fsp3) is 0.611. The zero-order chi connectivity index (χ0) is 17.4. The number of benzene rings is 1. The van der Waals surface area contributed by atoms with Gasteiger partial charge in [0.1, 0.15) is 11.5 Å². The maximum absolute atomic E-state index is 5.37. The van der Waals surface area contributed by atoms with Crippen LogP contribution in [0.5, 0.6) is 11.5 Å². The minimum absolute atomic E-state index is 0.